The van der Waals surface area contributed by atoms with E-state index in [1.54, 1.807) is 24.3 Å². The quantitative estimate of drug-likeness (QED) is 0.937. The molecular weight excluding hydrogens is 265 g/mol. The van der Waals surface area contributed by atoms with Crippen molar-refractivity contribution in [2.75, 3.05) is 6.26 Å². The lowest BCUT2D eigenvalue weighted by Gasteiger charge is -2.13. The van der Waals surface area contributed by atoms with Crippen LogP contribution in [0.4, 0.5) is 4.39 Å². The molecular formula is C14H14FNO2S. The van der Waals surface area contributed by atoms with Gasteiger partial charge in [-0.25, -0.2) is 12.8 Å². The highest BCUT2D eigenvalue weighted by Crippen LogP contribution is 2.21. The van der Waals surface area contributed by atoms with Gasteiger partial charge in [-0.1, -0.05) is 24.3 Å². The first kappa shape index (κ1) is 13.7. The molecule has 1 unspecified atom stereocenters. The number of nitrogens with two attached hydrogens (primary N) is 1. The van der Waals surface area contributed by atoms with Crippen LogP contribution in [0.15, 0.2) is 53.4 Å². The fraction of sp³-hybridized carbons (Fsp3) is 0.143. The summed E-state index contributed by atoms with van der Waals surface area (Å²) in [7, 11) is -3.22. The SMILES string of the molecule is CS(=O)(=O)c1ccc(C(N)c2cccc(F)c2)cc1. The van der Waals surface area contributed by atoms with Crippen LogP contribution >= 0.6 is 0 Å². The summed E-state index contributed by atoms with van der Waals surface area (Å²) in [5.74, 6) is -0.347. The number of benzene rings is 2. The second-order valence-electron chi connectivity index (χ2n) is 4.37. The van der Waals surface area contributed by atoms with E-state index in [0.29, 0.717) is 5.56 Å². The summed E-state index contributed by atoms with van der Waals surface area (Å²) >= 11 is 0. The number of rotatable bonds is 3. The van der Waals surface area contributed by atoms with E-state index in [0.717, 1.165) is 11.8 Å². The van der Waals surface area contributed by atoms with E-state index < -0.39 is 15.9 Å². The Morgan fingerprint density at radius 2 is 1.68 bits per heavy atom. The van der Waals surface area contributed by atoms with Gasteiger partial charge in [0.15, 0.2) is 9.84 Å². The Labute approximate surface area is 111 Å². The largest absolute Gasteiger partial charge is 0.320 e. The first-order valence-corrected chi connectivity index (χ1v) is 7.58. The predicted molar refractivity (Wildman–Crippen MR) is 72.0 cm³/mol. The summed E-state index contributed by atoms with van der Waals surface area (Å²) in [5, 5.41) is 0. The average Bonchev–Trinajstić information content (AvgIpc) is 2.37. The van der Waals surface area contributed by atoms with Crippen molar-refractivity contribution in [1.29, 1.82) is 0 Å². The van der Waals surface area contributed by atoms with Gasteiger partial charge in [0, 0.05) is 6.26 Å². The lowest BCUT2D eigenvalue weighted by Crippen LogP contribution is -2.12. The molecule has 0 fully saturated rings. The fourth-order valence-electron chi connectivity index (χ4n) is 1.81. The Bertz CT molecular complexity index is 681. The number of halogens is 1. The van der Waals surface area contributed by atoms with Gasteiger partial charge in [-0.05, 0) is 35.4 Å². The Kier molecular flexibility index (Phi) is 3.68. The molecule has 2 N–H and O–H groups in total. The maximum Gasteiger partial charge on any atom is 0.175 e. The third-order valence-corrected chi connectivity index (χ3v) is 4.00. The van der Waals surface area contributed by atoms with E-state index in [2.05, 4.69) is 0 Å². The average molecular weight is 279 g/mol. The molecule has 2 aromatic rings. The molecule has 19 heavy (non-hydrogen) atoms. The van der Waals surface area contributed by atoms with Gasteiger partial charge in [0.25, 0.3) is 0 Å². The van der Waals surface area contributed by atoms with Crippen molar-refractivity contribution in [2.24, 2.45) is 5.73 Å². The first-order valence-electron chi connectivity index (χ1n) is 5.69. The fourth-order valence-corrected chi connectivity index (χ4v) is 2.45. The van der Waals surface area contributed by atoms with Crippen molar-refractivity contribution in [2.45, 2.75) is 10.9 Å². The van der Waals surface area contributed by atoms with E-state index in [9.17, 15) is 12.8 Å². The van der Waals surface area contributed by atoms with Gasteiger partial charge in [-0.15, -0.1) is 0 Å². The molecule has 0 saturated heterocycles. The van der Waals surface area contributed by atoms with Gasteiger partial charge in [-0.3, -0.25) is 0 Å². The summed E-state index contributed by atoms with van der Waals surface area (Å²) in [4.78, 5) is 0.239. The molecule has 100 valence electrons. The van der Waals surface area contributed by atoms with Crippen LogP contribution < -0.4 is 5.73 Å². The van der Waals surface area contributed by atoms with Crippen LogP contribution in [0, 0.1) is 5.82 Å². The normalized spacial score (nSPS) is 13.2. The van der Waals surface area contributed by atoms with E-state index >= 15 is 0 Å². The minimum atomic E-state index is -3.22. The van der Waals surface area contributed by atoms with Crippen LogP contribution in [-0.2, 0) is 9.84 Å². The predicted octanol–water partition coefficient (Wildman–Crippen LogP) is 2.28. The molecule has 0 spiro atoms. The minimum Gasteiger partial charge on any atom is -0.320 e. The molecule has 0 aliphatic carbocycles. The van der Waals surface area contributed by atoms with E-state index in [4.69, 9.17) is 5.73 Å². The monoisotopic (exact) mass is 279 g/mol. The zero-order valence-corrected chi connectivity index (χ0v) is 11.2. The summed E-state index contributed by atoms with van der Waals surface area (Å²) < 4.78 is 35.8. The first-order chi connectivity index (χ1) is 8.88. The van der Waals surface area contributed by atoms with E-state index in [1.165, 1.54) is 24.3 Å². The Hall–Kier alpha value is -1.72. The number of hydrogen-bond acceptors (Lipinski definition) is 3. The minimum absolute atomic E-state index is 0.239. The highest BCUT2D eigenvalue weighted by molar-refractivity contribution is 7.90. The van der Waals surface area contributed by atoms with Gasteiger partial charge >= 0.3 is 0 Å². The smallest absolute Gasteiger partial charge is 0.175 e. The second-order valence-corrected chi connectivity index (χ2v) is 6.39. The van der Waals surface area contributed by atoms with Crippen molar-refractivity contribution in [3.8, 4) is 0 Å². The number of sulfone groups is 1. The lowest BCUT2D eigenvalue weighted by molar-refractivity contribution is 0.602. The molecule has 0 amide bonds. The molecule has 0 saturated carbocycles. The highest BCUT2D eigenvalue weighted by Gasteiger charge is 2.11. The molecule has 3 nitrogen and oxygen atoms in total. The second kappa shape index (κ2) is 5.11. The molecule has 2 aromatic carbocycles. The van der Waals surface area contributed by atoms with Crippen molar-refractivity contribution in [3.05, 3.63) is 65.5 Å². The molecule has 0 aliphatic rings. The maximum atomic E-state index is 13.1. The standard InChI is InChI=1S/C14H14FNO2S/c1-19(17,18)13-7-5-10(6-8-13)14(16)11-3-2-4-12(15)9-11/h2-9,14H,16H2,1H3. The van der Waals surface area contributed by atoms with Gasteiger partial charge in [0.05, 0.1) is 10.9 Å². The van der Waals surface area contributed by atoms with Crippen LogP contribution in [-0.4, -0.2) is 14.7 Å². The van der Waals surface area contributed by atoms with Crippen molar-refractivity contribution >= 4 is 9.84 Å². The Morgan fingerprint density at radius 3 is 2.21 bits per heavy atom. The van der Waals surface area contributed by atoms with E-state index in [-0.39, 0.29) is 10.7 Å². The summed E-state index contributed by atoms with van der Waals surface area (Å²) in [6.07, 6.45) is 1.15. The lowest BCUT2D eigenvalue weighted by atomic mass is 10.00. The molecule has 0 heterocycles. The van der Waals surface area contributed by atoms with Crippen LogP contribution in [0.1, 0.15) is 17.2 Å². The summed E-state index contributed by atoms with van der Waals surface area (Å²) in [5.41, 5.74) is 7.41. The van der Waals surface area contributed by atoms with Crippen LogP contribution in [0.5, 0.6) is 0 Å². The van der Waals surface area contributed by atoms with Gasteiger partial charge in [0.2, 0.25) is 0 Å². The molecule has 0 aliphatic heterocycles. The zero-order valence-electron chi connectivity index (χ0n) is 10.4. The van der Waals surface area contributed by atoms with Gasteiger partial charge in [0.1, 0.15) is 5.82 Å². The van der Waals surface area contributed by atoms with Crippen molar-refractivity contribution in [1.82, 2.24) is 0 Å². The summed E-state index contributed by atoms with van der Waals surface area (Å²) in [6.45, 7) is 0. The molecule has 1 atom stereocenters. The van der Waals surface area contributed by atoms with Crippen molar-refractivity contribution in [3.63, 3.8) is 0 Å². The molecule has 5 heteroatoms. The van der Waals surface area contributed by atoms with Crippen LogP contribution in [0.25, 0.3) is 0 Å². The van der Waals surface area contributed by atoms with Crippen LogP contribution in [0.3, 0.4) is 0 Å². The van der Waals surface area contributed by atoms with Crippen molar-refractivity contribution < 1.29 is 12.8 Å². The van der Waals surface area contributed by atoms with Gasteiger partial charge in [-0.2, -0.15) is 0 Å². The van der Waals surface area contributed by atoms with Crippen LogP contribution in [0.2, 0.25) is 0 Å². The third kappa shape index (κ3) is 3.19. The van der Waals surface area contributed by atoms with E-state index in [1.807, 2.05) is 0 Å². The topological polar surface area (TPSA) is 60.2 Å². The number of hydrogen-bond donors (Lipinski definition) is 1. The molecule has 0 radical (unpaired) electrons. The highest BCUT2D eigenvalue weighted by atomic mass is 32.2. The molecule has 0 aromatic heterocycles. The maximum absolute atomic E-state index is 13.1. The zero-order chi connectivity index (χ0) is 14.0. The molecule has 0 bridgehead atoms. The third-order valence-electron chi connectivity index (χ3n) is 2.88. The van der Waals surface area contributed by atoms with Gasteiger partial charge < -0.3 is 5.73 Å². The Balaban J connectivity index is 2.32. The molecule has 2 rings (SSSR count). The summed E-state index contributed by atoms with van der Waals surface area (Å²) in [6, 6.07) is 11.9. The Morgan fingerprint density at radius 1 is 1.05 bits per heavy atom.